The predicted octanol–water partition coefficient (Wildman–Crippen LogP) is 4.40. The molecule has 4 nitrogen and oxygen atoms in total. The van der Waals surface area contributed by atoms with Crippen LogP contribution in [0.1, 0.15) is 0 Å². The van der Waals surface area contributed by atoms with E-state index in [4.69, 9.17) is 16.8 Å². The molecule has 0 N–H and O–H groups in total. The lowest BCUT2D eigenvalue weighted by atomic mass is 10.0. The number of halogens is 1. The Labute approximate surface area is 125 Å². The summed E-state index contributed by atoms with van der Waals surface area (Å²) in [5.41, 5.74) is 0.775. The van der Waals surface area contributed by atoms with Gasteiger partial charge in [0, 0.05) is 0 Å². The second-order valence-corrected chi connectivity index (χ2v) is 4.83. The number of benzene rings is 3. The van der Waals surface area contributed by atoms with Crippen LogP contribution in [-0.2, 0) is 4.44 Å². The van der Waals surface area contributed by atoms with Crippen LogP contribution in [0.2, 0.25) is 0 Å². The van der Waals surface area contributed by atoms with Gasteiger partial charge in [-0.25, -0.2) is 4.98 Å². The summed E-state index contributed by atoms with van der Waals surface area (Å²) < 4.78 is 4.25. The van der Waals surface area contributed by atoms with Crippen LogP contribution in [0.3, 0.4) is 0 Å². The molecule has 0 saturated carbocycles. The van der Waals surface area contributed by atoms with Crippen LogP contribution in [0.15, 0.2) is 54.9 Å². The zero-order valence-electron chi connectivity index (χ0n) is 10.8. The first-order valence-corrected chi connectivity index (χ1v) is 6.69. The monoisotopic (exact) mass is 296 g/mol. The van der Waals surface area contributed by atoms with Crippen LogP contribution in [0.4, 0.5) is 0 Å². The van der Waals surface area contributed by atoms with E-state index in [9.17, 15) is 0 Å². The Hall–Kier alpha value is -2.43. The molecule has 4 aromatic rings. The maximum absolute atomic E-state index is 5.20. The van der Waals surface area contributed by atoms with E-state index < -0.39 is 0 Å². The fraction of sp³-hybridized carbons (Fsp3) is 0. The molecule has 0 bridgehead atoms. The molecule has 0 unspecified atom stereocenters. The summed E-state index contributed by atoms with van der Waals surface area (Å²) in [6.07, 6.45) is 1.42. The summed E-state index contributed by atoms with van der Waals surface area (Å²) >= 11 is 5.20. The predicted molar refractivity (Wildman–Crippen MR) is 82.1 cm³/mol. The Kier molecular flexibility index (Phi) is 2.84. The van der Waals surface area contributed by atoms with Crippen LogP contribution < -0.4 is 4.89 Å². The Bertz CT molecular complexity index is 972. The molecule has 0 aliphatic rings. The first kappa shape index (κ1) is 12.3. The molecule has 0 fully saturated rings. The molecule has 0 spiro atoms. The van der Waals surface area contributed by atoms with Gasteiger partial charge in [-0.15, -0.1) is 0 Å². The smallest absolute Gasteiger partial charge is 0.269 e. The Morgan fingerprint density at radius 1 is 0.857 bits per heavy atom. The van der Waals surface area contributed by atoms with Crippen molar-refractivity contribution in [1.82, 2.24) is 9.97 Å². The van der Waals surface area contributed by atoms with E-state index in [-0.39, 0.29) is 0 Å². The van der Waals surface area contributed by atoms with Gasteiger partial charge in [-0.2, -0.15) is 4.98 Å². The van der Waals surface area contributed by atoms with Crippen LogP contribution >= 0.6 is 11.9 Å². The Balaban J connectivity index is 2.18. The molecule has 21 heavy (non-hydrogen) atoms. The summed E-state index contributed by atoms with van der Waals surface area (Å²) in [5, 5.41) is 5.17. The molecular formula is C16H9ClN2O2. The van der Waals surface area contributed by atoms with Crippen molar-refractivity contribution in [1.29, 1.82) is 0 Å². The van der Waals surface area contributed by atoms with Crippen molar-refractivity contribution in [2.45, 2.75) is 0 Å². The summed E-state index contributed by atoms with van der Waals surface area (Å²) in [4.78, 5) is 13.3. The molecule has 0 saturated heterocycles. The largest absolute Gasteiger partial charge is 0.298 e. The number of fused-ring (bicyclic) bond motifs is 4. The fourth-order valence-corrected chi connectivity index (χ4v) is 2.70. The van der Waals surface area contributed by atoms with Gasteiger partial charge >= 0.3 is 0 Å². The molecule has 1 heterocycles. The van der Waals surface area contributed by atoms with Gasteiger partial charge < -0.3 is 0 Å². The average molecular weight is 297 g/mol. The van der Waals surface area contributed by atoms with Gasteiger partial charge in [0.25, 0.3) is 5.88 Å². The van der Waals surface area contributed by atoms with Crippen molar-refractivity contribution >= 4 is 44.3 Å². The van der Waals surface area contributed by atoms with E-state index in [1.165, 1.54) is 11.7 Å². The molecule has 4 rings (SSSR count). The van der Waals surface area contributed by atoms with E-state index >= 15 is 0 Å². The van der Waals surface area contributed by atoms with Crippen molar-refractivity contribution in [3.63, 3.8) is 0 Å². The SMILES string of the molecule is ClOOc1ncnc2ccc3cc4ccccc4cc3c12. The minimum absolute atomic E-state index is 0.302. The third kappa shape index (κ3) is 1.96. The lowest BCUT2D eigenvalue weighted by Crippen LogP contribution is -1.93. The summed E-state index contributed by atoms with van der Waals surface area (Å²) in [6, 6.07) is 16.4. The molecule has 102 valence electrons. The highest BCUT2D eigenvalue weighted by Gasteiger charge is 2.11. The molecular weight excluding hydrogens is 288 g/mol. The Morgan fingerprint density at radius 2 is 1.67 bits per heavy atom. The zero-order chi connectivity index (χ0) is 14.2. The molecule has 0 aliphatic heterocycles. The minimum Gasteiger partial charge on any atom is -0.298 e. The molecule has 0 radical (unpaired) electrons. The lowest BCUT2D eigenvalue weighted by molar-refractivity contribution is -0.0946. The fourth-order valence-electron chi connectivity index (χ4n) is 2.64. The number of aromatic nitrogens is 2. The van der Waals surface area contributed by atoms with E-state index in [0.717, 1.165) is 27.1 Å². The summed E-state index contributed by atoms with van der Waals surface area (Å²) in [6.45, 7) is 0. The van der Waals surface area contributed by atoms with Gasteiger partial charge in [0.05, 0.1) is 10.9 Å². The van der Waals surface area contributed by atoms with Crippen molar-refractivity contribution in [3.8, 4) is 5.88 Å². The third-order valence-corrected chi connectivity index (χ3v) is 3.62. The van der Waals surface area contributed by atoms with Crippen LogP contribution in [-0.4, -0.2) is 9.97 Å². The van der Waals surface area contributed by atoms with Gasteiger partial charge in [-0.05, 0) is 39.7 Å². The maximum Gasteiger partial charge on any atom is 0.269 e. The van der Waals surface area contributed by atoms with Crippen LogP contribution in [0.5, 0.6) is 5.88 Å². The van der Waals surface area contributed by atoms with Crippen LogP contribution in [0, 0.1) is 0 Å². The highest BCUT2D eigenvalue weighted by molar-refractivity contribution is 6.13. The van der Waals surface area contributed by atoms with Gasteiger partial charge in [0.2, 0.25) is 0 Å². The van der Waals surface area contributed by atoms with Gasteiger partial charge in [0.1, 0.15) is 18.2 Å². The molecule has 1 aromatic heterocycles. The summed E-state index contributed by atoms with van der Waals surface area (Å²) in [7, 11) is 0. The highest BCUT2D eigenvalue weighted by Crippen LogP contribution is 2.33. The highest BCUT2D eigenvalue weighted by atomic mass is 35.5. The van der Waals surface area contributed by atoms with E-state index in [1.54, 1.807) is 0 Å². The Morgan fingerprint density at radius 3 is 2.48 bits per heavy atom. The molecule has 0 atom stereocenters. The second kappa shape index (κ2) is 4.84. The maximum atomic E-state index is 5.20. The summed E-state index contributed by atoms with van der Waals surface area (Å²) in [5.74, 6) is 0.302. The molecule has 3 aromatic carbocycles. The van der Waals surface area contributed by atoms with E-state index in [1.807, 2.05) is 24.3 Å². The average Bonchev–Trinajstić information content (AvgIpc) is 2.53. The lowest BCUT2D eigenvalue weighted by Gasteiger charge is -2.08. The topological polar surface area (TPSA) is 44.2 Å². The van der Waals surface area contributed by atoms with Gasteiger partial charge in [-0.3, -0.25) is 4.89 Å². The standard InChI is InChI=1S/C16H9ClN2O2/c17-21-20-16-15-13-8-11-4-2-1-3-10(11)7-12(13)5-6-14(15)18-9-19-16/h1-9H. The normalized spacial score (nSPS) is 11.3. The first-order valence-electron chi connectivity index (χ1n) is 6.38. The van der Waals surface area contributed by atoms with E-state index in [2.05, 4.69) is 38.7 Å². The molecule has 0 aliphatic carbocycles. The number of hydrogen-bond donors (Lipinski definition) is 0. The minimum atomic E-state index is 0.302. The van der Waals surface area contributed by atoms with Crippen molar-refractivity contribution < 1.29 is 9.33 Å². The number of rotatable bonds is 2. The van der Waals surface area contributed by atoms with Crippen molar-refractivity contribution in [3.05, 3.63) is 54.9 Å². The van der Waals surface area contributed by atoms with Gasteiger partial charge in [-0.1, -0.05) is 34.8 Å². The number of hydrogen-bond acceptors (Lipinski definition) is 4. The molecule has 5 heteroatoms. The van der Waals surface area contributed by atoms with Crippen LogP contribution in [0.25, 0.3) is 32.4 Å². The first-order chi connectivity index (χ1) is 10.4. The van der Waals surface area contributed by atoms with E-state index in [0.29, 0.717) is 5.88 Å². The van der Waals surface area contributed by atoms with Gasteiger partial charge in [0.15, 0.2) is 0 Å². The van der Waals surface area contributed by atoms with Crippen molar-refractivity contribution in [2.24, 2.45) is 0 Å². The second-order valence-electron chi connectivity index (χ2n) is 4.71. The quantitative estimate of drug-likeness (QED) is 0.238. The van der Waals surface area contributed by atoms with Crippen molar-refractivity contribution in [2.75, 3.05) is 0 Å². The zero-order valence-corrected chi connectivity index (χ0v) is 11.5. The molecule has 0 amide bonds. The number of nitrogens with zero attached hydrogens (tertiary/aromatic N) is 2. The third-order valence-electron chi connectivity index (χ3n) is 3.56.